The van der Waals surface area contributed by atoms with Crippen molar-refractivity contribution in [1.29, 1.82) is 0 Å². The summed E-state index contributed by atoms with van der Waals surface area (Å²) in [5, 5.41) is 3.05. The van der Waals surface area contributed by atoms with Crippen molar-refractivity contribution in [3.63, 3.8) is 0 Å². The lowest BCUT2D eigenvalue weighted by molar-refractivity contribution is 0.245. The van der Waals surface area contributed by atoms with Gasteiger partial charge in [0, 0.05) is 23.4 Å². The number of hydrogen-bond acceptors (Lipinski definition) is 3. The quantitative estimate of drug-likeness (QED) is 0.510. The van der Waals surface area contributed by atoms with E-state index in [1.165, 1.54) is 4.90 Å². The van der Waals surface area contributed by atoms with Gasteiger partial charge in [-0.05, 0) is 57.9 Å². The van der Waals surface area contributed by atoms with Gasteiger partial charge in [0.15, 0.2) is 0 Å². The lowest BCUT2D eigenvalue weighted by atomic mass is 9.86. The van der Waals surface area contributed by atoms with Crippen LogP contribution in [-0.4, -0.2) is 23.3 Å². The number of halogens is 1. The highest BCUT2D eigenvalue weighted by molar-refractivity contribution is 9.10. The molecule has 0 saturated heterocycles. The average Bonchev–Trinajstić information content (AvgIpc) is 2.94. The van der Waals surface area contributed by atoms with Gasteiger partial charge in [0.1, 0.15) is 4.60 Å². The Kier molecular flexibility index (Phi) is 5.92. The normalized spacial score (nSPS) is 18.7. The van der Waals surface area contributed by atoms with Gasteiger partial charge in [0.05, 0.1) is 11.4 Å². The van der Waals surface area contributed by atoms with Gasteiger partial charge in [-0.1, -0.05) is 32.9 Å². The Morgan fingerprint density at radius 2 is 2.00 bits per heavy atom. The van der Waals surface area contributed by atoms with Crippen LogP contribution in [0.1, 0.15) is 38.4 Å². The number of rotatable bonds is 5. The maximum Gasteiger partial charge on any atom is 0.322 e. The fraction of sp³-hybridized carbons (Fsp3) is 0.400. The summed E-state index contributed by atoms with van der Waals surface area (Å²) >= 11 is 5.27. The molecular formula is C20H24BrN3OS. The number of pyridine rings is 1. The molecule has 2 amide bonds. The summed E-state index contributed by atoms with van der Waals surface area (Å²) in [4.78, 5) is 20.5. The summed E-state index contributed by atoms with van der Waals surface area (Å²) in [6.07, 6.45) is 0.934. The summed E-state index contributed by atoms with van der Waals surface area (Å²) in [7, 11) is 0. The van der Waals surface area contributed by atoms with Crippen molar-refractivity contribution < 1.29 is 4.79 Å². The van der Waals surface area contributed by atoms with E-state index < -0.39 is 0 Å². The Bertz CT molecular complexity index is 796. The van der Waals surface area contributed by atoms with E-state index in [4.69, 9.17) is 0 Å². The molecule has 0 saturated carbocycles. The van der Waals surface area contributed by atoms with Crippen molar-refractivity contribution in [2.45, 2.75) is 44.0 Å². The Morgan fingerprint density at radius 1 is 1.27 bits per heavy atom. The molecule has 3 rings (SSSR count). The number of anilines is 1. The van der Waals surface area contributed by atoms with Gasteiger partial charge in [-0.15, -0.1) is 11.8 Å². The largest absolute Gasteiger partial charge is 0.334 e. The molecule has 2 aromatic rings. The van der Waals surface area contributed by atoms with Crippen LogP contribution in [-0.2, 0) is 12.0 Å². The number of thioether (sulfide) groups is 1. The number of carbonyl (C=O) groups excluding carboxylic acids is 1. The highest BCUT2D eigenvalue weighted by atomic mass is 79.9. The monoisotopic (exact) mass is 433 g/mol. The molecule has 0 bridgehead atoms. The number of fused-ring (bicyclic) bond motifs is 1. The van der Waals surface area contributed by atoms with Gasteiger partial charge in [0.25, 0.3) is 0 Å². The van der Waals surface area contributed by atoms with Crippen LogP contribution in [0.2, 0.25) is 0 Å². The third-order valence-electron chi connectivity index (χ3n) is 4.91. The molecule has 0 aliphatic carbocycles. The van der Waals surface area contributed by atoms with Crippen LogP contribution in [0.25, 0.3) is 0 Å². The van der Waals surface area contributed by atoms with Gasteiger partial charge in [0.2, 0.25) is 0 Å². The molecular weight excluding hydrogens is 410 g/mol. The van der Waals surface area contributed by atoms with Crippen molar-refractivity contribution in [3.8, 4) is 0 Å². The minimum absolute atomic E-state index is 0.0699. The van der Waals surface area contributed by atoms with Crippen molar-refractivity contribution in [1.82, 2.24) is 10.3 Å². The molecule has 1 unspecified atom stereocenters. The van der Waals surface area contributed by atoms with E-state index in [9.17, 15) is 4.79 Å². The second kappa shape index (κ2) is 8.01. The standard InChI is InChI=1S/C20H24BrN3OS/c1-4-20(3)13-24(16-10-11-17(21)23-18(16)20)19(25)22-12-14-6-8-15(9-7-14)26-5-2/h6-11H,4-5,12-13H2,1-3H3,(H,22,25). The van der Waals surface area contributed by atoms with Crippen molar-refractivity contribution >= 4 is 39.4 Å². The first-order chi connectivity index (χ1) is 12.5. The number of amides is 2. The molecule has 1 aromatic carbocycles. The van der Waals surface area contributed by atoms with Crippen LogP contribution < -0.4 is 10.2 Å². The van der Waals surface area contributed by atoms with Gasteiger partial charge in [-0.25, -0.2) is 9.78 Å². The predicted octanol–water partition coefficient (Wildman–Crippen LogP) is 5.35. The molecule has 1 aromatic heterocycles. The predicted molar refractivity (Wildman–Crippen MR) is 112 cm³/mol. The number of carbonyl (C=O) groups is 1. The average molecular weight is 434 g/mol. The van der Waals surface area contributed by atoms with Crippen LogP contribution in [0.5, 0.6) is 0 Å². The number of nitrogens with zero attached hydrogens (tertiary/aromatic N) is 2. The number of benzene rings is 1. The zero-order valence-electron chi connectivity index (χ0n) is 15.4. The highest BCUT2D eigenvalue weighted by Crippen LogP contribution is 2.42. The Hall–Kier alpha value is -1.53. The fourth-order valence-electron chi connectivity index (χ4n) is 3.20. The molecule has 0 fully saturated rings. The minimum Gasteiger partial charge on any atom is -0.334 e. The van der Waals surface area contributed by atoms with Crippen LogP contribution in [0.15, 0.2) is 45.9 Å². The molecule has 138 valence electrons. The van der Waals surface area contributed by atoms with Crippen LogP contribution >= 0.6 is 27.7 Å². The van der Waals surface area contributed by atoms with E-state index in [2.05, 4.69) is 71.3 Å². The first kappa shape index (κ1) is 19.2. The molecule has 1 N–H and O–H groups in total. The van der Waals surface area contributed by atoms with E-state index >= 15 is 0 Å². The van der Waals surface area contributed by atoms with Crippen molar-refractivity contribution in [2.24, 2.45) is 0 Å². The highest BCUT2D eigenvalue weighted by Gasteiger charge is 2.41. The summed E-state index contributed by atoms with van der Waals surface area (Å²) in [6.45, 7) is 7.63. The maximum absolute atomic E-state index is 12.8. The first-order valence-corrected chi connectivity index (χ1v) is 10.7. The van der Waals surface area contributed by atoms with Gasteiger partial charge in [-0.2, -0.15) is 0 Å². The van der Waals surface area contributed by atoms with Crippen molar-refractivity contribution in [2.75, 3.05) is 17.2 Å². The Balaban J connectivity index is 1.71. The molecule has 0 radical (unpaired) electrons. The topological polar surface area (TPSA) is 45.2 Å². The van der Waals surface area contributed by atoms with Gasteiger partial charge < -0.3 is 5.32 Å². The Morgan fingerprint density at radius 3 is 2.65 bits per heavy atom. The SMILES string of the molecule is CCSc1ccc(CNC(=O)N2CC(C)(CC)c3nc(Br)ccc32)cc1. The lowest BCUT2D eigenvalue weighted by Gasteiger charge is -2.23. The van der Waals surface area contributed by atoms with E-state index in [1.807, 2.05) is 28.8 Å². The van der Waals surface area contributed by atoms with Crippen LogP contribution in [0.3, 0.4) is 0 Å². The fourth-order valence-corrected chi connectivity index (χ4v) is 4.17. The number of urea groups is 1. The summed E-state index contributed by atoms with van der Waals surface area (Å²) in [5.41, 5.74) is 2.88. The molecule has 0 spiro atoms. The molecule has 4 nitrogen and oxygen atoms in total. The van der Waals surface area contributed by atoms with Crippen molar-refractivity contribution in [3.05, 3.63) is 52.3 Å². The van der Waals surface area contributed by atoms with Gasteiger partial charge in [-0.3, -0.25) is 4.90 Å². The van der Waals surface area contributed by atoms with Crippen LogP contribution in [0, 0.1) is 0 Å². The summed E-state index contributed by atoms with van der Waals surface area (Å²) in [5.74, 6) is 1.06. The second-order valence-corrected chi connectivity index (χ2v) is 8.89. The second-order valence-electron chi connectivity index (χ2n) is 6.74. The smallest absolute Gasteiger partial charge is 0.322 e. The number of hydrogen-bond donors (Lipinski definition) is 1. The number of nitrogens with one attached hydrogen (secondary N) is 1. The number of aromatic nitrogens is 1. The minimum atomic E-state index is -0.116. The van der Waals surface area contributed by atoms with Gasteiger partial charge >= 0.3 is 6.03 Å². The molecule has 1 aliphatic heterocycles. The molecule has 6 heteroatoms. The third-order valence-corrected chi connectivity index (χ3v) is 6.25. The molecule has 2 heterocycles. The van der Waals surface area contributed by atoms with Crippen LogP contribution in [0.4, 0.5) is 10.5 Å². The summed E-state index contributed by atoms with van der Waals surface area (Å²) in [6, 6.07) is 12.2. The van der Waals surface area contributed by atoms with E-state index in [-0.39, 0.29) is 11.4 Å². The molecule has 1 aliphatic rings. The lowest BCUT2D eigenvalue weighted by Crippen LogP contribution is -2.41. The Labute approximate surface area is 167 Å². The first-order valence-electron chi connectivity index (χ1n) is 8.91. The zero-order valence-corrected chi connectivity index (χ0v) is 17.8. The van der Waals surface area contributed by atoms with E-state index in [1.54, 1.807) is 0 Å². The summed E-state index contributed by atoms with van der Waals surface area (Å²) < 4.78 is 0.809. The maximum atomic E-state index is 12.8. The zero-order chi connectivity index (χ0) is 18.7. The molecule has 1 atom stereocenters. The molecule has 26 heavy (non-hydrogen) atoms. The van der Waals surface area contributed by atoms with E-state index in [0.29, 0.717) is 13.1 Å². The third kappa shape index (κ3) is 3.91. The van der Waals surface area contributed by atoms with E-state index in [0.717, 1.165) is 33.7 Å².